The zero-order valence-corrected chi connectivity index (χ0v) is 18.2. The van der Waals surface area contributed by atoms with Crippen molar-refractivity contribution in [3.05, 3.63) is 87.9 Å². The fraction of sp³-hybridized carbons (Fsp3) is 0.240. The van der Waals surface area contributed by atoms with Crippen LogP contribution in [0, 0.1) is 6.92 Å². The summed E-state index contributed by atoms with van der Waals surface area (Å²) in [5, 5.41) is 0.681. The third-order valence-electron chi connectivity index (χ3n) is 5.82. The van der Waals surface area contributed by atoms with Crippen molar-refractivity contribution in [1.82, 2.24) is 9.13 Å². The van der Waals surface area contributed by atoms with E-state index < -0.39 is 11.9 Å². The number of nitrogens with zero attached hydrogens (tertiary/aromatic N) is 2. The summed E-state index contributed by atoms with van der Waals surface area (Å²) in [6.07, 6.45) is 3.78. The van der Waals surface area contributed by atoms with Gasteiger partial charge < -0.3 is 23.0 Å². The summed E-state index contributed by atoms with van der Waals surface area (Å²) >= 11 is 0. The Balaban J connectivity index is 1.41. The van der Waals surface area contributed by atoms with Gasteiger partial charge in [0.25, 0.3) is 5.56 Å². The number of furan rings is 1. The van der Waals surface area contributed by atoms with Gasteiger partial charge in [-0.2, -0.15) is 0 Å². The Kier molecular flexibility index (Phi) is 5.12. The summed E-state index contributed by atoms with van der Waals surface area (Å²) in [5.41, 5.74) is 2.06. The van der Waals surface area contributed by atoms with Crippen LogP contribution in [0.3, 0.4) is 0 Å². The first-order valence-corrected chi connectivity index (χ1v) is 10.7. The molecule has 168 valence electrons. The average molecular weight is 446 g/mol. The molecule has 5 rings (SSSR count). The molecule has 0 radical (unpaired) electrons. The molecule has 0 bridgehead atoms. The van der Waals surface area contributed by atoms with E-state index in [-0.39, 0.29) is 17.9 Å². The van der Waals surface area contributed by atoms with Crippen LogP contribution < -0.4 is 10.3 Å². The number of rotatable bonds is 6. The van der Waals surface area contributed by atoms with E-state index in [2.05, 4.69) is 4.57 Å². The van der Waals surface area contributed by atoms with Gasteiger partial charge in [-0.1, -0.05) is 6.07 Å². The highest BCUT2D eigenvalue weighted by Crippen LogP contribution is 2.42. The lowest BCUT2D eigenvalue weighted by Gasteiger charge is -2.07. The van der Waals surface area contributed by atoms with Gasteiger partial charge in [0, 0.05) is 34.9 Å². The van der Waals surface area contributed by atoms with Crippen LogP contribution in [0.2, 0.25) is 0 Å². The van der Waals surface area contributed by atoms with Crippen LogP contribution in [-0.2, 0) is 11.3 Å². The van der Waals surface area contributed by atoms with Gasteiger partial charge >= 0.3 is 11.9 Å². The van der Waals surface area contributed by atoms with Crippen LogP contribution in [0.25, 0.3) is 10.9 Å². The number of hydrogen-bond acceptors (Lipinski definition) is 6. The van der Waals surface area contributed by atoms with Crippen molar-refractivity contribution in [2.24, 2.45) is 0 Å². The molecule has 1 aliphatic rings. The number of aromatic nitrogens is 2. The Bertz CT molecular complexity index is 1440. The fourth-order valence-corrected chi connectivity index (χ4v) is 4.14. The maximum absolute atomic E-state index is 12.7. The smallest absolute Gasteiger partial charge is 0.379 e. The number of esters is 2. The Labute approximate surface area is 188 Å². The Morgan fingerprint density at radius 1 is 1.09 bits per heavy atom. The number of pyridine rings is 1. The molecule has 1 fully saturated rings. The number of ether oxygens (including phenoxy) is 2. The Morgan fingerprint density at radius 3 is 2.64 bits per heavy atom. The van der Waals surface area contributed by atoms with Crippen molar-refractivity contribution in [1.29, 1.82) is 0 Å². The number of benzene rings is 1. The minimum Gasteiger partial charge on any atom is -0.465 e. The number of hydrogen-bond donors (Lipinski definition) is 0. The van der Waals surface area contributed by atoms with Crippen molar-refractivity contribution in [2.75, 3.05) is 7.11 Å². The molecule has 0 N–H and O–H groups in total. The lowest BCUT2D eigenvalue weighted by Crippen LogP contribution is -2.17. The highest BCUT2D eigenvalue weighted by Gasteiger charge is 2.30. The molecule has 4 aromatic rings. The molecule has 0 amide bonds. The monoisotopic (exact) mass is 446 g/mol. The minimum atomic E-state index is -0.668. The van der Waals surface area contributed by atoms with E-state index in [1.807, 2.05) is 13.0 Å². The molecule has 3 heterocycles. The molecule has 0 saturated heterocycles. The van der Waals surface area contributed by atoms with Crippen molar-refractivity contribution in [3.8, 4) is 5.75 Å². The molecular formula is C25H22N2O6. The molecule has 0 spiro atoms. The maximum Gasteiger partial charge on any atom is 0.379 e. The molecule has 1 aliphatic carbocycles. The van der Waals surface area contributed by atoms with Crippen LogP contribution in [-0.4, -0.2) is 28.2 Å². The lowest BCUT2D eigenvalue weighted by molar-refractivity contribution is 0.0601. The van der Waals surface area contributed by atoms with Crippen molar-refractivity contribution < 1.29 is 23.5 Å². The van der Waals surface area contributed by atoms with Crippen LogP contribution in [0.5, 0.6) is 5.75 Å². The van der Waals surface area contributed by atoms with E-state index in [0.717, 1.165) is 24.1 Å². The molecule has 0 unspecified atom stereocenters. The molecule has 8 nitrogen and oxygen atoms in total. The molecule has 3 aromatic heterocycles. The van der Waals surface area contributed by atoms with Crippen molar-refractivity contribution in [3.63, 3.8) is 0 Å². The first-order valence-electron chi connectivity index (χ1n) is 10.7. The molecule has 33 heavy (non-hydrogen) atoms. The van der Waals surface area contributed by atoms with E-state index in [0.29, 0.717) is 28.5 Å². The summed E-state index contributed by atoms with van der Waals surface area (Å²) in [4.78, 5) is 37.0. The van der Waals surface area contributed by atoms with Crippen LogP contribution in [0.4, 0.5) is 0 Å². The summed E-state index contributed by atoms with van der Waals surface area (Å²) in [6.45, 7) is 2.11. The topological polar surface area (TPSA) is 92.7 Å². The molecule has 8 heteroatoms. The van der Waals surface area contributed by atoms with Gasteiger partial charge in [0.15, 0.2) is 0 Å². The lowest BCUT2D eigenvalue weighted by atomic mass is 10.1. The van der Waals surface area contributed by atoms with Gasteiger partial charge in [0.2, 0.25) is 5.76 Å². The van der Waals surface area contributed by atoms with Crippen LogP contribution >= 0.6 is 0 Å². The van der Waals surface area contributed by atoms with E-state index in [4.69, 9.17) is 13.9 Å². The third kappa shape index (κ3) is 3.84. The predicted molar refractivity (Wildman–Crippen MR) is 120 cm³/mol. The molecule has 1 saturated carbocycles. The SMILES string of the molecule is COC(=O)c1c(C)n(C2CC2)c2ccc(OC(=O)c3ccc(Cn4ccccc4=O)o3)cc12. The van der Waals surface area contributed by atoms with Crippen molar-refractivity contribution in [2.45, 2.75) is 32.4 Å². The Hall–Kier alpha value is -4.07. The summed E-state index contributed by atoms with van der Waals surface area (Å²) in [6, 6.07) is 13.6. The van der Waals surface area contributed by atoms with Gasteiger partial charge in [-0.15, -0.1) is 0 Å². The second-order valence-electron chi connectivity index (χ2n) is 8.05. The maximum atomic E-state index is 12.7. The highest BCUT2D eigenvalue weighted by atomic mass is 16.5. The quantitative estimate of drug-likeness (QED) is 0.327. The molecular weight excluding hydrogens is 424 g/mol. The zero-order valence-electron chi connectivity index (χ0n) is 18.2. The normalized spacial score (nSPS) is 13.3. The van der Waals surface area contributed by atoms with Gasteiger partial charge in [-0.05, 0) is 56.2 Å². The van der Waals surface area contributed by atoms with Gasteiger partial charge in [-0.3, -0.25) is 4.79 Å². The van der Waals surface area contributed by atoms with Gasteiger partial charge in [-0.25, -0.2) is 9.59 Å². The molecule has 1 aromatic carbocycles. The number of carbonyl (C=O) groups excluding carboxylic acids is 2. The molecule has 0 aliphatic heterocycles. The second kappa shape index (κ2) is 8.12. The van der Waals surface area contributed by atoms with E-state index in [9.17, 15) is 14.4 Å². The van der Waals surface area contributed by atoms with Crippen LogP contribution in [0.1, 0.15) is 51.3 Å². The molecule has 0 atom stereocenters. The van der Waals surface area contributed by atoms with Gasteiger partial charge in [0.05, 0.1) is 19.2 Å². The number of carbonyl (C=O) groups is 2. The number of methoxy groups -OCH3 is 1. The first-order chi connectivity index (χ1) is 16.0. The Morgan fingerprint density at radius 2 is 1.91 bits per heavy atom. The van der Waals surface area contributed by atoms with E-state index in [1.165, 1.54) is 23.8 Å². The zero-order chi connectivity index (χ0) is 23.1. The van der Waals surface area contributed by atoms with Gasteiger partial charge in [0.1, 0.15) is 11.5 Å². The highest BCUT2D eigenvalue weighted by molar-refractivity contribution is 6.06. The minimum absolute atomic E-state index is 0.0222. The predicted octanol–water partition coefficient (Wildman–Crippen LogP) is 4.09. The summed E-state index contributed by atoms with van der Waals surface area (Å²) in [5.74, 6) is -0.321. The van der Waals surface area contributed by atoms with Crippen molar-refractivity contribution >= 4 is 22.8 Å². The second-order valence-corrected chi connectivity index (χ2v) is 8.05. The fourth-order valence-electron chi connectivity index (χ4n) is 4.14. The number of fused-ring (bicyclic) bond motifs is 1. The van der Waals surface area contributed by atoms with Crippen LogP contribution in [0.15, 0.2) is 63.9 Å². The largest absolute Gasteiger partial charge is 0.465 e. The van der Waals surface area contributed by atoms with E-state index in [1.54, 1.807) is 36.5 Å². The average Bonchev–Trinajstić information content (AvgIpc) is 3.45. The summed E-state index contributed by atoms with van der Waals surface area (Å²) in [7, 11) is 1.35. The third-order valence-corrected chi connectivity index (χ3v) is 5.82. The summed E-state index contributed by atoms with van der Waals surface area (Å²) < 4.78 is 19.7. The first kappa shape index (κ1) is 20.8. The van der Waals surface area contributed by atoms with E-state index >= 15 is 0 Å². The standard InChI is InChI=1S/C25H22N2O6/c1-15-23(25(30)31-2)19-13-17(8-10-20(19)27(15)16-6-7-16)33-24(29)21-11-9-18(32-21)14-26-12-4-3-5-22(26)28/h3-5,8-13,16H,6-7,14H2,1-2H3.